The number of hydrogen-bond acceptors (Lipinski definition) is 5. The summed E-state index contributed by atoms with van der Waals surface area (Å²) in [5.74, 6) is -0.503. The number of amides is 1. The number of hydrogen-bond donors (Lipinski definition) is 0. The number of piperazine rings is 1. The van der Waals surface area contributed by atoms with Crippen molar-refractivity contribution in [1.82, 2.24) is 9.21 Å². The molecule has 0 saturated carbocycles. The molecule has 7 nitrogen and oxygen atoms in total. The third-order valence-corrected chi connectivity index (χ3v) is 7.33. The lowest BCUT2D eigenvalue weighted by Crippen LogP contribution is -2.48. The van der Waals surface area contributed by atoms with Crippen LogP contribution in [0.3, 0.4) is 0 Å². The Morgan fingerprint density at radius 2 is 1.61 bits per heavy atom. The molecule has 3 heterocycles. The van der Waals surface area contributed by atoms with Crippen molar-refractivity contribution >= 4 is 21.6 Å². The van der Waals surface area contributed by atoms with Crippen LogP contribution in [0.1, 0.15) is 29.0 Å². The number of nitrogens with zero attached hydrogens (tertiary/aromatic N) is 3. The number of alkyl halides is 3. The Balaban J connectivity index is 1.41. The minimum absolute atomic E-state index is 0.0645. The number of furan rings is 1. The summed E-state index contributed by atoms with van der Waals surface area (Å²) in [6, 6.07) is 7.73. The van der Waals surface area contributed by atoms with Crippen molar-refractivity contribution in [3.05, 3.63) is 47.7 Å². The summed E-state index contributed by atoms with van der Waals surface area (Å²) in [6.07, 6.45) is -2.83. The third-order valence-electron chi connectivity index (χ3n) is 5.56. The van der Waals surface area contributed by atoms with Crippen LogP contribution in [-0.2, 0) is 16.2 Å². The molecule has 0 unspecified atom stereocenters. The molecule has 1 aromatic heterocycles. The average Bonchev–Trinajstić information content (AvgIpc) is 3.46. The molecule has 1 amide bonds. The Morgan fingerprint density at radius 3 is 2.26 bits per heavy atom. The van der Waals surface area contributed by atoms with Crippen LogP contribution < -0.4 is 4.90 Å². The van der Waals surface area contributed by atoms with Crippen molar-refractivity contribution < 1.29 is 30.8 Å². The highest BCUT2D eigenvalue weighted by atomic mass is 32.2. The predicted molar refractivity (Wildman–Crippen MR) is 106 cm³/mol. The zero-order valence-electron chi connectivity index (χ0n) is 16.6. The van der Waals surface area contributed by atoms with E-state index >= 15 is 0 Å². The van der Waals surface area contributed by atoms with Gasteiger partial charge in [0.1, 0.15) is 0 Å². The Hall–Kier alpha value is -2.53. The van der Waals surface area contributed by atoms with Crippen molar-refractivity contribution in [3.63, 3.8) is 0 Å². The van der Waals surface area contributed by atoms with Gasteiger partial charge in [0.25, 0.3) is 15.9 Å². The van der Waals surface area contributed by atoms with Crippen LogP contribution in [0.2, 0.25) is 0 Å². The van der Waals surface area contributed by atoms with Crippen molar-refractivity contribution in [2.75, 3.05) is 44.2 Å². The minimum atomic E-state index is -4.42. The summed E-state index contributed by atoms with van der Waals surface area (Å²) in [6.45, 7) is 2.14. The number of carbonyl (C=O) groups excluding carboxylic acids is 1. The molecule has 11 heteroatoms. The summed E-state index contributed by atoms with van der Waals surface area (Å²) in [5.41, 5.74) is -0.273. The number of rotatable bonds is 4. The highest BCUT2D eigenvalue weighted by Gasteiger charge is 2.33. The second-order valence-corrected chi connectivity index (χ2v) is 9.43. The Morgan fingerprint density at radius 1 is 0.935 bits per heavy atom. The van der Waals surface area contributed by atoms with Gasteiger partial charge in [-0.05, 0) is 43.2 Å². The monoisotopic (exact) mass is 457 g/mol. The van der Waals surface area contributed by atoms with Crippen LogP contribution in [0.5, 0.6) is 0 Å². The number of halogens is 3. The molecule has 2 saturated heterocycles. The molecular formula is C20H22F3N3O4S. The summed E-state index contributed by atoms with van der Waals surface area (Å²) < 4.78 is 70.7. The van der Waals surface area contributed by atoms with Gasteiger partial charge in [0.05, 0.1) is 5.56 Å². The van der Waals surface area contributed by atoms with Crippen molar-refractivity contribution in [1.29, 1.82) is 0 Å². The fourth-order valence-corrected chi connectivity index (χ4v) is 5.26. The molecule has 0 radical (unpaired) electrons. The van der Waals surface area contributed by atoms with E-state index < -0.39 is 27.7 Å². The fourth-order valence-electron chi connectivity index (χ4n) is 3.83. The topological polar surface area (TPSA) is 74.1 Å². The summed E-state index contributed by atoms with van der Waals surface area (Å²) in [4.78, 5) is 16.0. The molecule has 31 heavy (non-hydrogen) atoms. The molecule has 0 bridgehead atoms. The van der Waals surface area contributed by atoms with Crippen LogP contribution in [0.25, 0.3) is 0 Å². The molecule has 0 spiro atoms. The van der Waals surface area contributed by atoms with Crippen LogP contribution in [0.15, 0.2) is 45.9 Å². The molecule has 2 fully saturated rings. The lowest BCUT2D eigenvalue weighted by molar-refractivity contribution is -0.137. The molecule has 2 aliphatic rings. The minimum Gasteiger partial charge on any atom is -0.438 e. The first-order valence-corrected chi connectivity index (χ1v) is 11.4. The van der Waals surface area contributed by atoms with Crippen molar-refractivity contribution in [2.45, 2.75) is 24.1 Å². The Labute approximate surface area is 178 Å². The van der Waals surface area contributed by atoms with Gasteiger partial charge in [-0.1, -0.05) is 6.07 Å². The molecule has 0 N–H and O–H groups in total. The lowest BCUT2D eigenvalue weighted by Gasteiger charge is -2.36. The molecule has 0 aliphatic carbocycles. The first kappa shape index (κ1) is 21.7. The zero-order valence-corrected chi connectivity index (χ0v) is 17.5. The largest absolute Gasteiger partial charge is 0.438 e. The van der Waals surface area contributed by atoms with Gasteiger partial charge in [-0.2, -0.15) is 17.5 Å². The maximum Gasteiger partial charge on any atom is 0.416 e. The quantitative estimate of drug-likeness (QED) is 0.706. The van der Waals surface area contributed by atoms with Crippen molar-refractivity contribution in [2.24, 2.45) is 0 Å². The lowest BCUT2D eigenvalue weighted by atomic mass is 10.1. The van der Waals surface area contributed by atoms with E-state index in [2.05, 4.69) is 0 Å². The summed E-state index contributed by atoms with van der Waals surface area (Å²) in [7, 11) is -3.75. The van der Waals surface area contributed by atoms with E-state index in [1.165, 1.54) is 27.4 Å². The summed E-state index contributed by atoms with van der Waals surface area (Å²) >= 11 is 0. The molecule has 4 rings (SSSR count). The zero-order chi connectivity index (χ0) is 22.2. The maximum atomic E-state index is 12.9. The third kappa shape index (κ3) is 4.42. The van der Waals surface area contributed by atoms with Crippen LogP contribution in [0, 0.1) is 0 Å². The average molecular weight is 457 g/mol. The van der Waals surface area contributed by atoms with Gasteiger partial charge >= 0.3 is 6.18 Å². The molecular weight excluding hydrogens is 435 g/mol. The van der Waals surface area contributed by atoms with Crippen molar-refractivity contribution in [3.8, 4) is 0 Å². The van der Waals surface area contributed by atoms with Gasteiger partial charge in [0.15, 0.2) is 5.76 Å². The first-order chi connectivity index (χ1) is 14.7. The number of carbonyl (C=O) groups is 1. The fraction of sp³-hybridized carbons (Fsp3) is 0.450. The van der Waals surface area contributed by atoms with E-state index in [0.29, 0.717) is 31.9 Å². The molecule has 2 aromatic rings. The predicted octanol–water partition coefficient (Wildman–Crippen LogP) is 3.05. The highest BCUT2D eigenvalue weighted by Crippen LogP contribution is 2.32. The van der Waals surface area contributed by atoms with Gasteiger partial charge in [0, 0.05) is 45.0 Å². The Kier molecular flexibility index (Phi) is 5.73. The van der Waals surface area contributed by atoms with Gasteiger partial charge in [-0.25, -0.2) is 8.42 Å². The molecule has 0 atom stereocenters. The molecule has 168 valence electrons. The van der Waals surface area contributed by atoms with E-state index in [1.807, 2.05) is 0 Å². The van der Waals surface area contributed by atoms with Gasteiger partial charge in [-0.3, -0.25) is 4.79 Å². The van der Waals surface area contributed by atoms with Gasteiger partial charge < -0.3 is 14.2 Å². The van der Waals surface area contributed by atoms with Crippen LogP contribution in [-0.4, -0.2) is 62.8 Å². The first-order valence-electron chi connectivity index (χ1n) is 9.98. The van der Waals surface area contributed by atoms with Crippen LogP contribution >= 0.6 is 0 Å². The van der Waals surface area contributed by atoms with E-state index in [0.717, 1.165) is 25.0 Å². The van der Waals surface area contributed by atoms with Gasteiger partial charge in [-0.15, -0.1) is 0 Å². The second kappa shape index (κ2) is 8.19. The highest BCUT2D eigenvalue weighted by molar-refractivity contribution is 7.89. The van der Waals surface area contributed by atoms with E-state index in [9.17, 15) is 26.4 Å². The number of anilines is 1. The van der Waals surface area contributed by atoms with E-state index in [1.54, 1.807) is 11.0 Å². The van der Waals surface area contributed by atoms with Crippen LogP contribution in [0.4, 0.5) is 18.9 Å². The smallest absolute Gasteiger partial charge is 0.416 e. The Bertz CT molecular complexity index is 1050. The SMILES string of the molecule is O=C(c1ccc(S(=O)(=O)N2CCCC2)o1)N1CCN(c2cccc(C(F)(F)F)c2)CC1. The standard InChI is InChI=1S/C20H22F3N3O4S/c21-20(22,23)15-4-3-5-16(14-15)24-10-12-25(13-11-24)19(27)17-6-7-18(30-17)31(28,29)26-8-1-2-9-26/h3-7,14H,1-2,8-13H2. The molecule has 2 aliphatic heterocycles. The normalized spacial score (nSPS) is 18.5. The number of sulfonamides is 1. The molecule has 1 aromatic carbocycles. The van der Waals surface area contributed by atoms with Gasteiger partial charge in [0.2, 0.25) is 5.09 Å². The van der Waals surface area contributed by atoms with E-state index in [-0.39, 0.29) is 23.9 Å². The summed E-state index contributed by atoms with van der Waals surface area (Å²) in [5, 5.41) is -0.250. The maximum absolute atomic E-state index is 12.9. The second-order valence-electron chi connectivity index (χ2n) is 7.56. The van der Waals surface area contributed by atoms with E-state index in [4.69, 9.17) is 4.42 Å². The number of benzene rings is 1.